The molecule has 5 nitrogen and oxygen atoms in total. The molecule has 134 valence electrons. The van der Waals surface area contributed by atoms with E-state index in [0.717, 1.165) is 12.1 Å². The molecule has 3 rings (SSSR count). The predicted octanol–water partition coefficient (Wildman–Crippen LogP) is 4.25. The lowest BCUT2D eigenvalue weighted by Crippen LogP contribution is -1.99. The first-order valence-electron chi connectivity index (χ1n) is 7.97. The van der Waals surface area contributed by atoms with Gasteiger partial charge in [-0.2, -0.15) is 5.10 Å². The highest BCUT2D eigenvalue weighted by atomic mass is 19.1. The summed E-state index contributed by atoms with van der Waals surface area (Å²) in [5.41, 5.74) is 0.352. The third kappa shape index (κ3) is 4.24. The normalized spacial score (nSPS) is 11.2. The number of hydrogen-bond acceptors (Lipinski definition) is 4. The maximum Gasteiger partial charge on any atom is 0.206 e. The minimum Gasteiger partial charge on any atom is -0.483 e. The van der Waals surface area contributed by atoms with Crippen LogP contribution in [-0.4, -0.2) is 15.6 Å². The summed E-state index contributed by atoms with van der Waals surface area (Å²) in [5, 5.41) is 4.13. The zero-order chi connectivity index (χ0) is 18.5. The van der Waals surface area contributed by atoms with Crippen molar-refractivity contribution in [1.29, 1.82) is 0 Å². The molecule has 0 bridgehead atoms. The van der Waals surface area contributed by atoms with Crippen LogP contribution in [-0.2, 0) is 13.2 Å². The molecular weight excluding hydrogens is 342 g/mol. The molecule has 0 spiro atoms. The molecule has 0 radical (unpaired) electrons. The summed E-state index contributed by atoms with van der Waals surface area (Å²) in [7, 11) is 0. The van der Waals surface area contributed by atoms with E-state index in [9.17, 15) is 13.6 Å². The quantitative estimate of drug-likeness (QED) is 0.468. The number of carbonyl (C=O) groups is 1. The average molecular weight is 358 g/mol. The minimum absolute atomic E-state index is 0.0226. The number of ketones is 1. The van der Waals surface area contributed by atoms with E-state index in [2.05, 4.69) is 5.10 Å². The minimum atomic E-state index is -0.784. The molecule has 1 aromatic carbocycles. The number of ether oxygens (including phenoxy) is 1. The van der Waals surface area contributed by atoms with E-state index in [-0.39, 0.29) is 18.1 Å². The van der Waals surface area contributed by atoms with E-state index in [1.54, 1.807) is 29.1 Å². The zero-order valence-electron chi connectivity index (χ0n) is 14.0. The lowest BCUT2D eigenvalue weighted by Gasteiger charge is -2.05. The molecule has 0 aliphatic rings. The summed E-state index contributed by atoms with van der Waals surface area (Å²) >= 11 is 0. The number of allylic oxidation sites excluding steroid dienone is 1. The average Bonchev–Trinajstić information content (AvgIpc) is 3.28. The topological polar surface area (TPSA) is 57.3 Å². The van der Waals surface area contributed by atoms with Crippen LogP contribution in [0.5, 0.6) is 5.75 Å². The first kappa shape index (κ1) is 17.6. The van der Waals surface area contributed by atoms with Crippen molar-refractivity contribution in [2.24, 2.45) is 0 Å². The predicted molar refractivity (Wildman–Crippen MR) is 90.7 cm³/mol. The third-order valence-electron chi connectivity index (χ3n) is 3.56. The maximum atomic E-state index is 13.5. The second-order valence-electron chi connectivity index (χ2n) is 5.42. The van der Waals surface area contributed by atoms with Crippen LogP contribution < -0.4 is 4.74 Å². The molecule has 7 heteroatoms. The van der Waals surface area contributed by atoms with Gasteiger partial charge in [0.1, 0.15) is 29.6 Å². The lowest BCUT2D eigenvalue weighted by atomic mass is 10.2. The van der Waals surface area contributed by atoms with E-state index in [0.29, 0.717) is 23.8 Å². The van der Waals surface area contributed by atoms with Crippen LogP contribution in [0.4, 0.5) is 8.78 Å². The van der Waals surface area contributed by atoms with E-state index >= 15 is 0 Å². The smallest absolute Gasteiger partial charge is 0.206 e. The van der Waals surface area contributed by atoms with Gasteiger partial charge < -0.3 is 9.15 Å². The van der Waals surface area contributed by atoms with Gasteiger partial charge in [0.2, 0.25) is 5.78 Å². The molecule has 0 aliphatic carbocycles. The maximum absolute atomic E-state index is 13.5. The van der Waals surface area contributed by atoms with Gasteiger partial charge >= 0.3 is 0 Å². The number of benzene rings is 1. The lowest BCUT2D eigenvalue weighted by molar-refractivity contribution is 0.104. The summed E-state index contributed by atoms with van der Waals surface area (Å²) < 4.78 is 38.8. The summed E-state index contributed by atoms with van der Waals surface area (Å²) in [6.45, 7) is 2.60. The molecule has 0 atom stereocenters. The van der Waals surface area contributed by atoms with Gasteiger partial charge in [0.05, 0.1) is 0 Å². The van der Waals surface area contributed by atoms with Crippen LogP contribution in [0.15, 0.2) is 53.1 Å². The van der Waals surface area contributed by atoms with Crippen molar-refractivity contribution in [3.8, 4) is 5.75 Å². The highest BCUT2D eigenvalue weighted by molar-refractivity contribution is 6.05. The highest BCUT2D eigenvalue weighted by Gasteiger charge is 2.08. The van der Waals surface area contributed by atoms with E-state index in [1.165, 1.54) is 18.2 Å². The van der Waals surface area contributed by atoms with Crippen molar-refractivity contribution in [3.63, 3.8) is 0 Å². The number of rotatable bonds is 7. The number of hydrogen-bond donors (Lipinski definition) is 0. The standard InChI is InChI=1S/C19H16F2N2O3/c1-2-23-10-9-17(22-23)18(24)7-6-14-4-5-15(26-14)12-25-19-8-3-13(20)11-16(19)21/h3-11H,2,12H2,1H3. The fraction of sp³-hybridized carbons (Fsp3) is 0.158. The highest BCUT2D eigenvalue weighted by Crippen LogP contribution is 2.20. The molecule has 2 aromatic heterocycles. The van der Waals surface area contributed by atoms with Crippen LogP contribution in [0.1, 0.15) is 28.9 Å². The van der Waals surface area contributed by atoms with Crippen LogP contribution in [0.2, 0.25) is 0 Å². The summed E-state index contributed by atoms with van der Waals surface area (Å²) in [6, 6.07) is 8.03. The Labute approximate surface area is 148 Å². The Hall–Kier alpha value is -3.22. The van der Waals surface area contributed by atoms with Gasteiger partial charge in [-0.3, -0.25) is 9.48 Å². The first-order chi connectivity index (χ1) is 12.5. The number of halogens is 2. The van der Waals surface area contributed by atoms with Gasteiger partial charge in [-0.25, -0.2) is 8.78 Å². The molecule has 0 amide bonds. The van der Waals surface area contributed by atoms with Crippen LogP contribution in [0.25, 0.3) is 6.08 Å². The Morgan fingerprint density at radius 1 is 1.27 bits per heavy atom. The molecule has 0 saturated carbocycles. The molecular formula is C19H16F2N2O3. The number of nitrogens with zero attached hydrogens (tertiary/aromatic N) is 2. The Balaban J connectivity index is 1.59. The third-order valence-corrected chi connectivity index (χ3v) is 3.56. The fourth-order valence-electron chi connectivity index (χ4n) is 2.22. The van der Waals surface area contributed by atoms with Crippen molar-refractivity contribution >= 4 is 11.9 Å². The Morgan fingerprint density at radius 2 is 2.12 bits per heavy atom. The number of carbonyl (C=O) groups excluding carboxylic acids is 1. The SMILES string of the molecule is CCn1ccc(C(=O)C=Cc2ccc(COc3ccc(F)cc3F)o2)n1. The van der Waals surface area contributed by atoms with E-state index in [4.69, 9.17) is 9.15 Å². The van der Waals surface area contributed by atoms with Crippen molar-refractivity contribution in [2.75, 3.05) is 0 Å². The molecule has 0 unspecified atom stereocenters. The summed E-state index contributed by atoms with van der Waals surface area (Å²) in [5.74, 6) is -0.869. The van der Waals surface area contributed by atoms with Crippen LogP contribution in [0, 0.1) is 11.6 Å². The van der Waals surface area contributed by atoms with Gasteiger partial charge in [0, 0.05) is 18.8 Å². The zero-order valence-corrected chi connectivity index (χ0v) is 14.0. The van der Waals surface area contributed by atoms with Crippen molar-refractivity contribution < 1.29 is 22.7 Å². The largest absolute Gasteiger partial charge is 0.483 e. The molecule has 26 heavy (non-hydrogen) atoms. The first-order valence-corrected chi connectivity index (χ1v) is 7.97. The Morgan fingerprint density at radius 3 is 2.85 bits per heavy atom. The number of furan rings is 1. The second-order valence-corrected chi connectivity index (χ2v) is 5.42. The van der Waals surface area contributed by atoms with Gasteiger partial charge in [0.25, 0.3) is 0 Å². The van der Waals surface area contributed by atoms with E-state index in [1.807, 2.05) is 6.92 Å². The molecule has 0 N–H and O–H groups in total. The van der Waals surface area contributed by atoms with Crippen molar-refractivity contribution in [2.45, 2.75) is 20.1 Å². The molecule has 0 aliphatic heterocycles. The van der Waals surface area contributed by atoms with Gasteiger partial charge in [-0.15, -0.1) is 0 Å². The molecule has 3 aromatic rings. The summed E-state index contributed by atoms with van der Waals surface area (Å²) in [6.07, 6.45) is 4.62. The van der Waals surface area contributed by atoms with Gasteiger partial charge in [-0.1, -0.05) is 0 Å². The Kier molecular flexibility index (Phi) is 5.26. The molecule has 0 fully saturated rings. The number of aryl methyl sites for hydroxylation is 1. The summed E-state index contributed by atoms with van der Waals surface area (Å²) in [4.78, 5) is 12.0. The second kappa shape index (κ2) is 7.77. The van der Waals surface area contributed by atoms with Crippen molar-refractivity contribution in [1.82, 2.24) is 9.78 Å². The van der Waals surface area contributed by atoms with Gasteiger partial charge in [0.15, 0.2) is 11.6 Å². The van der Waals surface area contributed by atoms with Crippen LogP contribution >= 0.6 is 0 Å². The molecule has 2 heterocycles. The van der Waals surface area contributed by atoms with Gasteiger partial charge in [-0.05, 0) is 49.4 Å². The number of aromatic nitrogens is 2. The fourth-order valence-corrected chi connectivity index (χ4v) is 2.22. The Bertz CT molecular complexity index is 944. The monoisotopic (exact) mass is 358 g/mol. The molecule has 0 saturated heterocycles. The van der Waals surface area contributed by atoms with Crippen LogP contribution in [0.3, 0.4) is 0 Å². The van der Waals surface area contributed by atoms with E-state index < -0.39 is 11.6 Å². The van der Waals surface area contributed by atoms with Crippen molar-refractivity contribution in [3.05, 3.63) is 77.5 Å².